The van der Waals surface area contributed by atoms with Crippen LogP contribution in [0.3, 0.4) is 0 Å². The summed E-state index contributed by atoms with van der Waals surface area (Å²) in [7, 11) is 5.66. The van der Waals surface area contributed by atoms with Crippen molar-refractivity contribution in [2.75, 3.05) is 47.0 Å². The number of ketones is 2. The number of nitrogens with zero attached hydrogens (tertiary/aromatic N) is 5. The summed E-state index contributed by atoms with van der Waals surface area (Å²) in [6.45, 7) is 27.4. The highest BCUT2D eigenvalue weighted by Crippen LogP contribution is 2.39. The molecule has 0 spiro atoms. The molecule has 574 valence electrons. The van der Waals surface area contributed by atoms with E-state index in [9.17, 15) is 52.7 Å². The third kappa shape index (κ3) is 19.1. The number of fused-ring (bicyclic) bond motifs is 4. The Morgan fingerprint density at radius 2 is 1.08 bits per heavy atom. The van der Waals surface area contributed by atoms with Crippen LogP contribution in [0, 0.1) is 66.6 Å². The van der Waals surface area contributed by atoms with Gasteiger partial charge in [0.1, 0.15) is 47.6 Å². The second-order valence-electron chi connectivity index (χ2n) is 31.7. The molecule has 7 aliphatic rings. The first-order chi connectivity index (χ1) is 49.1. The average Bonchev–Trinajstić information content (AvgIpc) is 1.38. The standard InChI is InChI=1S/C64H88N10O16.C15H24/c1-27(2)44-53(78)35-19-17-21-37(35)61(84)71(13)25-40(75)73(15)50(29(5)6)63(86)88-33(11)46(59(82)67-44)69-57(80)39-24-23-31(9)55-48(39)66-49-42(43(65)52(77)32(10)56(49)90-55)58(81)70-47-34(12)89-64(87)51(30(7)8)74(16)41(76)26-72(14)62(85)38-22-18-20-36(38)54(79)45(28(3)4)68-60(47)83;1-13-7-5-8-14(2)10-12-15(3,4)11-6-9-13/h23-24,27-30,33-38,44-47,50-51H,17-22,25-26,65H2,1-16H3,(H,67,82)(H,68,83)(H,69,80)(H,70,81);6-7,10-11H,5,8-9,12H2,1-4H3. The Hall–Kier alpha value is -9.10. The lowest BCUT2D eigenvalue weighted by Crippen LogP contribution is -2.59. The van der Waals surface area contributed by atoms with Crippen molar-refractivity contribution in [2.45, 2.75) is 223 Å². The fourth-order valence-electron chi connectivity index (χ4n) is 15.0. The van der Waals surface area contributed by atoms with Crippen LogP contribution < -0.4 is 32.4 Å². The number of carbonyl (C=O) groups is 12. The number of hydrogen-bond donors (Lipinski definition) is 5. The summed E-state index contributed by atoms with van der Waals surface area (Å²) in [6, 6.07) is -5.71. The zero-order valence-corrected chi connectivity index (χ0v) is 65.0. The van der Waals surface area contributed by atoms with E-state index in [4.69, 9.17) is 24.6 Å². The van der Waals surface area contributed by atoms with Crippen LogP contribution in [-0.4, -0.2) is 185 Å². The van der Waals surface area contributed by atoms with Crippen molar-refractivity contribution in [2.24, 2.45) is 52.8 Å². The maximum absolute atomic E-state index is 15.2. The molecule has 26 nitrogen and oxygen atoms in total. The van der Waals surface area contributed by atoms with Gasteiger partial charge in [0.15, 0.2) is 22.9 Å². The minimum Gasteiger partial charge on any atom is -0.458 e. The second kappa shape index (κ2) is 34.9. The van der Waals surface area contributed by atoms with Crippen molar-refractivity contribution in [1.29, 1.82) is 0 Å². The van der Waals surface area contributed by atoms with Gasteiger partial charge in [-0.15, -0.1) is 0 Å². The Bertz CT molecular complexity index is 3980. The number of Topliss-reactive ketones (excluding diaryl/α,β-unsaturated/α-hetero) is 2. The number of carbonyl (C=O) groups excluding carboxylic acids is 12. The first-order valence-electron chi connectivity index (χ1n) is 37.0. The molecule has 0 radical (unpaired) electrons. The zero-order chi connectivity index (χ0) is 78.3. The molecule has 2 saturated carbocycles. The van der Waals surface area contributed by atoms with Gasteiger partial charge in [0.25, 0.3) is 11.8 Å². The number of benzene rings is 2. The molecule has 1 aromatic rings. The van der Waals surface area contributed by atoms with Gasteiger partial charge >= 0.3 is 11.9 Å². The molecular weight excluding hydrogens is 1340 g/mol. The molecule has 4 aliphatic carbocycles. The molecule has 3 heterocycles. The van der Waals surface area contributed by atoms with Gasteiger partial charge < -0.3 is 60.5 Å². The lowest BCUT2D eigenvalue weighted by Gasteiger charge is -2.35. The van der Waals surface area contributed by atoms with Crippen molar-refractivity contribution in [3.63, 3.8) is 0 Å². The fourth-order valence-corrected chi connectivity index (χ4v) is 15.0. The van der Waals surface area contributed by atoms with Gasteiger partial charge in [-0.3, -0.25) is 52.7 Å². The average molecular weight is 1460 g/mol. The molecule has 0 bridgehead atoms. The molecule has 1 aromatic carbocycles. The van der Waals surface area contributed by atoms with Crippen molar-refractivity contribution in [3.8, 4) is 11.5 Å². The van der Waals surface area contributed by atoms with E-state index in [0.29, 0.717) is 49.5 Å². The number of anilines is 1. The predicted molar refractivity (Wildman–Crippen MR) is 397 cm³/mol. The van der Waals surface area contributed by atoms with Gasteiger partial charge in [-0.05, 0) is 134 Å². The number of rotatable bonds is 8. The Kier molecular flexibility index (Phi) is 27.6. The molecule has 4 fully saturated rings. The lowest BCUT2D eigenvalue weighted by molar-refractivity contribution is -0.163. The molecule has 2 saturated heterocycles. The summed E-state index contributed by atoms with van der Waals surface area (Å²) >= 11 is 0. The quantitative estimate of drug-likeness (QED) is 0.0622. The molecule has 8 amide bonds. The summed E-state index contributed by atoms with van der Waals surface area (Å²) in [6.07, 6.45) is 13.5. The number of nitrogens with one attached hydrogen (secondary N) is 4. The van der Waals surface area contributed by atoms with E-state index in [2.05, 4.69) is 73.3 Å². The number of amides is 8. The van der Waals surface area contributed by atoms with E-state index in [0.717, 1.165) is 22.6 Å². The number of nitrogens with two attached hydrogens (primary N) is 1. The Balaban J connectivity index is 0.000000911. The van der Waals surface area contributed by atoms with Crippen LogP contribution in [0.2, 0.25) is 0 Å². The molecule has 12 atom stereocenters. The molecule has 0 aromatic heterocycles. The van der Waals surface area contributed by atoms with Crippen molar-refractivity contribution in [1.82, 2.24) is 45.9 Å². The molecular formula is C79H112N10O16. The molecule has 6 N–H and O–H groups in total. The van der Waals surface area contributed by atoms with E-state index in [1.54, 1.807) is 62.3 Å². The summed E-state index contributed by atoms with van der Waals surface area (Å²) in [4.78, 5) is 197. The zero-order valence-electron chi connectivity index (χ0n) is 65.0. The number of allylic oxidation sites excluding steroid dienone is 6. The van der Waals surface area contributed by atoms with Crippen LogP contribution in [0.4, 0.5) is 5.69 Å². The second-order valence-corrected chi connectivity index (χ2v) is 31.7. The molecule has 8 rings (SSSR count). The smallest absolute Gasteiger partial charge is 0.329 e. The predicted octanol–water partition coefficient (Wildman–Crippen LogP) is 7.75. The molecule has 3 aliphatic heterocycles. The minimum absolute atomic E-state index is 0.0668. The summed E-state index contributed by atoms with van der Waals surface area (Å²) in [5.41, 5.74) is 7.01. The lowest BCUT2D eigenvalue weighted by atomic mass is 9.83. The van der Waals surface area contributed by atoms with Crippen molar-refractivity contribution < 1.29 is 71.4 Å². The van der Waals surface area contributed by atoms with Gasteiger partial charge in [-0.2, -0.15) is 0 Å². The number of esters is 2. The van der Waals surface area contributed by atoms with Gasteiger partial charge in [-0.25, -0.2) is 14.6 Å². The Labute approximate surface area is 616 Å². The first kappa shape index (κ1) is 83.2. The van der Waals surface area contributed by atoms with Crippen molar-refractivity contribution in [3.05, 3.63) is 80.1 Å². The highest BCUT2D eigenvalue weighted by atomic mass is 16.6. The summed E-state index contributed by atoms with van der Waals surface area (Å²) in [5, 5.41) is 10.8. The highest BCUT2D eigenvalue weighted by Gasteiger charge is 2.48. The number of cyclic esters (lactones) is 2. The number of aromatic nitrogens is 1. The molecule has 12 unspecified atom stereocenters. The number of nitrogen functional groups attached to an aromatic ring is 1. The number of likely N-dealkylation sites (N-methyl/N-ethyl adjacent to an activating group) is 4. The van der Waals surface area contributed by atoms with E-state index < -0.39 is 196 Å². The number of aryl methyl sites for hydroxylation is 1. The topological polar surface area (TPSA) is 353 Å². The van der Waals surface area contributed by atoms with Crippen LogP contribution in [0.15, 0.2) is 56.8 Å². The third-order valence-electron chi connectivity index (χ3n) is 21.4. The Morgan fingerprint density at radius 1 is 0.619 bits per heavy atom. The van der Waals surface area contributed by atoms with E-state index in [1.807, 2.05) is 0 Å². The molecule has 105 heavy (non-hydrogen) atoms. The van der Waals surface area contributed by atoms with Crippen LogP contribution in [-0.2, 0) is 57.4 Å². The van der Waals surface area contributed by atoms with Gasteiger partial charge in [0, 0.05) is 57.4 Å². The maximum Gasteiger partial charge on any atom is 0.329 e. The highest BCUT2D eigenvalue weighted by molar-refractivity contribution is 6.10. The Morgan fingerprint density at radius 3 is 1.53 bits per heavy atom. The first-order valence-corrected chi connectivity index (χ1v) is 37.0. The summed E-state index contributed by atoms with van der Waals surface area (Å²) < 4.78 is 18.3. The van der Waals surface area contributed by atoms with E-state index in [1.165, 1.54) is 94.9 Å². The van der Waals surface area contributed by atoms with Crippen LogP contribution >= 0.6 is 0 Å². The fraction of sp³-hybridized carbons (Fsp3) is 0.620. The third-order valence-corrected chi connectivity index (χ3v) is 21.4. The number of ether oxygens (including phenoxy) is 2. The van der Waals surface area contributed by atoms with E-state index in [-0.39, 0.29) is 33.7 Å². The van der Waals surface area contributed by atoms with Crippen molar-refractivity contribution >= 4 is 87.5 Å². The van der Waals surface area contributed by atoms with Gasteiger partial charge in [-0.1, -0.05) is 124 Å². The molecule has 26 heteroatoms. The largest absolute Gasteiger partial charge is 0.458 e. The van der Waals surface area contributed by atoms with E-state index >= 15 is 9.59 Å². The van der Waals surface area contributed by atoms with Crippen LogP contribution in [0.25, 0.3) is 22.6 Å². The number of hydrogen-bond acceptors (Lipinski definition) is 18. The normalized spacial score (nSPS) is 27.1. The van der Waals surface area contributed by atoms with Crippen LogP contribution in [0.5, 0.6) is 0 Å². The van der Waals surface area contributed by atoms with Crippen LogP contribution in [0.1, 0.15) is 193 Å². The summed E-state index contributed by atoms with van der Waals surface area (Å²) in [5.74, 6) is -14.9. The SMILES string of the molecule is CC1=CCCC(C)=CCC(C)(C)C=CC1.Cc1c2oc3c(C)ccc(C(=O)NC4C(=O)NC(C(C)C)C(=O)C5CCCC5C(=O)N(C)CC(=O)N(C)C(C(C)C)C(=O)OC4C)c3nc-2c(C(=O)NC2C(=O)NC(C(C)C)C(=O)C3CCCC3C(=O)N(C)CC(=O)N(C)C(C(C)C)C(=O)OC2C)c(N)c1=O. The van der Waals surface area contributed by atoms with Gasteiger partial charge in [0.05, 0.1) is 42.0 Å². The maximum atomic E-state index is 15.2. The monoisotopic (exact) mass is 1460 g/mol. The van der Waals surface area contributed by atoms with Gasteiger partial charge in [0.2, 0.25) is 40.9 Å². The minimum atomic E-state index is -1.86.